The van der Waals surface area contributed by atoms with Crippen LogP contribution in [-0.2, 0) is 16.1 Å². The van der Waals surface area contributed by atoms with Gasteiger partial charge in [-0.1, -0.05) is 18.3 Å². The number of carbonyl (C=O) groups is 2. The molecule has 4 rings (SSSR count). The standard InChI is InChI=1S/C22H24F2N6O3S/c1-2-7-25-20(32)13-4-3-8-29(10-13)22-28-19-18(34-22)21(33)30(12-26-19)11-17(31)27-16-9-14(23)5-6-15(16)24/h5-6,9,12-13H,2-4,7-8,10-11H2,1H3,(H,25,32)(H,27,31)/t13-/m0/s1. The van der Waals surface area contributed by atoms with Crippen molar-refractivity contribution >= 4 is 44.3 Å². The maximum Gasteiger partial charge on any atom is 0.273 e. The number of amides is 2. The summed E-state index contributed by atoms with van der Waals surface area (Å²) in [4.78, 5) is 48.2. The highest BCUT2D eigenvalue weighted by Gasteiger charge is 2.28. The summed E-state index contributed by atoms with van der Waals surface area (Å²) < 4.78 is 28.5. The zero-order valence-electron chi connectivity index (χ0n) is 18.5. The van der Waals surface area contributed by atoms with Crippen molar-refractivity contribution in [3.8, 4) is 0 Å². The average Bonchev–Trinajstić information content (AvgIpc) is 3.27. The van der Waals surface area contributed by atoms with Crippen molar-refractivity contribution in [1.29, 1.82) is 0 Å². The molecule has 2 amide bonds. The van der Waals surface area contributed by atoms with E-state index in [1.165, 1.54) is 6.33 Å². The van der Waals surface area contributed by atoms with Crippen LogP contribution in [0.15, 0.2) is 29.3 Å². The molecular weight excluding hydrogens is 466 g/mol. The van der Waals surface area contributed by atoms with Crippen molar-refractivity contribution in [2.75, 3.05) is 29.9 Å². The Morgan fingerprint density at radius 2 is 2.12 bits per heavy atom. The zero-order chi connectivity index (χ0) is 24.2. The Balaban J connectivity index is 1.49. The highest BCUT2D eigenvalue weighted by atomic mass is 32.1. The van der Waals surface area contributed by atoms with Crippen molar-refractivity contribution in [2.45, 2.75) is 32.7 Å². The Kier molecular flexibility index (Phi) is 7.15. The van der Waals surface area contributed by atoms with Crippen LogP contribution in [0, 0.1) is 17.6 Å². The lowest BCUT2D eigenvalue weighted by Crippen LogP contribution is -2.43. The van der Waals surface area contributed by atoms with E-state index in [0.29, 0.717) is 24.8 Å². The van der Waals surface area contributed by atoms with Gasteiger partial charge >= 0.3 is 0 Å². The number of hydrogen-bond donors (Lipinski definition) is 2. The van der Waals surface area contributed by atoms with E-state index in [9.17, 15) is 23.2 Å². The molecule has 3 aromatic rings. The van der Waals surface area contributed by atoms with E-state index in [0.717, 1.165) is 53.4 Å². The van der Waals surface area contributed by atoms with E-state index in [4.69, 9.17) is 0 Å². The summed E-state index contributed by atoms with van der Waals surface area (Å²) in [5, 5.41) is 5.78. The first kappa shape index (κ1) is 23.7. The molecule has 12 heteroatoms. The van der Waals surface area contributed by atoms with Crippen molar-refractivity contribution in [1.82, 2.24) is 19.9 Å². The third-order valence-electron chi connectivity index (χ3n) is 5.50. The number of anilines is 2. The molecule has 0 aliphatic carbocycles. The monoisotopic (exact) mass is 490 g/mol. The topological polar surface area (TPSA) is 109 Å². The Morgan fingerprint density at radius 1 is 1.29 bits per heavy atom. The van der Waals surface area contributed by atoms with Gasteiger partial charge in [-0.05, 0) is 31.4 Å². The fourth-order valence-electron chi connectivity index (χ4n) is 3.78. The highest BCUT2D eigenvalue weighted by Crippen LogP contribution is 2.29. The molecule has 2 aromatic heterocycles. The van der Waals surface area contributed by atoms with Gasteiger partial charge in [0.1, 0.15) is 29.2 Å². The smallest absolute Gasteiger partial charge is 0.273 e. The minimum Gasteiger partial charge on any atom is -0.356 e. The van der Waals surface area contributed by atoms with Gasteiger partial charge in [-0.3, -0.25) is 19.0 Å². The third-order valence-corrected chi connectivity index (χ3v) is 6.59. The first-order valence-electron chi connectivity index (χ1n) is 11.0. The Hall–Kier alpha value is -3.41. The second kappa shape index (κ2) is 10.2. The van der Waals surface area contributed by atoms with Crippen LogP contribution in [0.25, 0.3) is 10.3 Å². The molecule has 0 saturated carbocycles. The maximum absolute atomic E-state index is 13.8. The van der Waals surface area contributed by atoms with Crippen LogP contribution in [0.3, 0.4) is 0 Å². The molecule has 180 valence electrons. The molecular formula is C22H24F2N6O3S. The van der Waals surface area contributed by atoms with Crippen molar-refractivity contribution < 1.29 is 18.4 Å². The SMILES string of the molecule is CCCNC(=O)[C@H]1CCCN(c2nc3ncn(CC(=O)Nc4cc(F)ccc4F)c(=O)c3s2)C1. The van der Waals surface area contributed by atoms with E-state index >= 15 is 0 Å². The van der Waals surface area contributed by atoms with Gasteiger partial charge in [0.2, 0.25) is 11.8 Å². The maximum atomic E-state index is 13.8. The summed E-state index contributed by atoms with van der Waals surface area (Å²) in [6.45, 7) is 3.43. The molecule has 0 unspecified atom stereocenters. The number of piperidine rings is 1. The van der Waals surface area contributed by atoms with Crippen molar-refractivity contribution in [3.63, 3.8) is 0 Å². The number of nitrogens with one attached hydrogen (secondary N) is 2. The number of rotatable bonds is 7. The van der Waals surface area contributed by atoms with Gasteiger partial charge in [0.15, 0.2) is 10.8 Å². The molecule has 1 saturated heterocycles. The van der Waals surface area contributed by atoms with Gasteiger partial charge in [-0.15, -0.1) is 0 Å². The van der Waals surface area contributed by atoms with E-state index in [1.54, 1.807) is 0 Å². The molecule has 2 N–H and O–H groups in total. The lowest BCUT2D eigenvalue weighted by molar-refractivity contribution is -0.125. The van der Waals surface area contributed by atoms with E-state index in [2.05, 4.69) is 20.6 Å². The van der Waals surface area contributed by atoms with Gasteiger partial charge in [0.05, 0.1) is 11.6 Å². The van der Waals surface area contributed by atoms with Crippen LogP contribution in [-0.4, -0.2) is 46.0 Å². The predicted octanol–water partition coefficient (Wildman–Crippen LogP) is 2.51. The second-order valence-corrected chi connectivity index (χ2v) is 9.05. The number of carbonyl (C=O) groups excluding carboxylic acids is 2. The minimum atomic E-state index is -0.786. The van der Waals surface area contributed by atoms with Gasteiger partial charge in [-0.2, -0.15) is 4.98 Å². The average molecular weight is 491 g/mol. The van der Waals surface area contributed by atoms with E-state index < -0.39 is 29.6 Å². The molecule has 1 aliphatic rings. The van der Waals surface area contributed by atoms with Crippen LogP contribution >= 0.6 is 11.3 Å². The van der Waals surface area contributed by atoms with Crippen LogP contribution in [0.2, 0.25) is 0 Å². The van der Waals surface area contributed by atoms with Crippen molar-refractivity contribution in [2.24, 2.45) is 5.92 Å². The van der Waals surface area contributed by atoms with E-state index in [1.807, 2.05) is 11.8 Å². The largest absolute Gasteiger partial charge is 0.356 e. The Morgan fingerprint density at radius 3 is 2.91 bits per heavy atom. The number of hydrogen-bond acceptors (Lipinski definition) is 7. The van der Waals surface area contributed by atoms with Gasteiger partial charge in [0, 0.05) is 25.7 Å². The molecule has 1 fully saturated rings. The molecule has 0 bridgehead atoms. The minimum absolute atomic E-state index is 0.0221. The lowest BCUT2D eigenvalue weighted by Gasteiger charge is -2.31. The second-order valence-electron chi connectivity index (χ2n) is 8.08. The summed E-state index contributed by atoms with van der Waals surface area (Å²) in [6, 6.07) is 2.71. The molecule has 9 nitrogen and oxygen atoms in total. The summed E-state index contributed by atoms with van der Waals surface area (Å²) in [7, 11) is 0. The predicted molar refractivity (Wildman–Crippen MR) is 125 cm³/mol. The first-order valence-corrected chi connectivity index (χ1v) is 11.8. The van der Waals surface area contributed by atoms with Crippen molar-refractivity contribution in [3.05, 3.63) is 46.5 Å². The highest BCUT2D eigenvalue weighted by molar-refractivity contribution is 7.22. The van der Waals surface area contributed by atoms with Gasteiger partial charge in [-0.25, -0.2) is 13.8 Å². The van der Waals surface area contributed by atoms with Crippen LogP contribution in [0.4, 0.5) is 19.6 Å². The quantitative estimate of drug-likeness (QED) is 0.527. The van der Waals surface area contributed by atoms with E-state index in [-0.39, 0.29) is 27.9 Å². The number of halogens is 2. The third kappa shape index (κ3) is 5.22. The summed E-state index contributed by atoms with van der Waals surface area (Å²) in [5.74, 6) is -2.31. The fraction of sp³-hybridized carbons (Fsp3) is 0.409. The molecule has 3 heterocycles. The summed E-state index contributed by atoms with van der Waals surface area (Å²) in [5.41, 5.74) is -0.511. The number of benzene rings is 1. The number of aromatic nitrogens is 3. The number of fused-ring (bicyclic) bond motifs is 1. The molecule has 0 spiro atoms. The number of thiazole rings is 1. The molecule has 1 aromatic carbocycles. The van der Waals surface area contributed by atoms with Crippen LogP contribution < -0.4 is 21.1 Å². The van der Waals surface area contributed by atoms with Crippen LogP contribution in [0.1, 0.15) is 26.2 Å². The lowest BCUT2D eigenvalue weighted by atomic mass is 9.97. The Labute approximate surface area is 197 Å². The summed E-state index contributed by atoms with van der Waals surface area (Å²) >= 11 is 1.16. The molecule has 0 radical (unpaired) electrons. The van der Waals surface area contributed by atoms with Crippen LogP contribution in [0.5, 0.6) is 0 Å². The Bertz CT molecular complexity index is 1280. The number of nitrogens with zero attached hydrogens (tertiary/aromatic N) is 4. The summed E-state index contributed by atoms with van der Waals surface area (Å²) in [6.07, 6.45) is 3.69. The van der Waals surface area contributed by atoms with Gasteiger partial charge < -0.3 is 15.5 Å². The zero-order valence-corrected chi connectivity index (χ0v) is 19.3. The molecule has 1 atom stereocenters. The molecule has 1 aliphatic heterocycles. The molecule has 34 heavy (non-hydrogen) atoms. The first-order chi connectivity index (χ1) is 16.4. The fourth-order valence-corrected chi connectivity index (χ4v) is 4.78. The van der Waals surface area contributed by atoms with Gasteiger partial charge in [0.25, 0.3) is 5.56 Å². The normalized spacial score (nSPS) is 16.0.